The quantitative estimate of drug-likeness (QED) is 0.895. The third kappa shape index (κ3) is 3.24. The Bertz CT molecular complexity index is 829. The van der Waals surface area contributed by atoms with Crippen molar-refractivity contribution in [2.24, 2.45) is 0 Å². The number of carboxylic acid groups (broad SMARTS) is 1. The molecule has 1 aliphatic heterocycles. The van der Waals surface area contributed by atoms with Gasteiger partial charge in [0.2, 0.25) is 0 Å². The molecule has 1 aliphatic rings. The van der Waals surface area contributed by atoms with Gasteiger partial charge in [0, 0.05) is 18.1 Å². The summed E-state index contributed by atoms with van der Waals surface area (Å²) in [6, 6.07) is 8.06. The zero-order valence-corrected chi connectivity index (χ0v) is 14.3. The zero-order valence-electron chi connectivity index (χ0n) is 14.3. The zero-order chi connectivity index (χ0) is 18.2. The third-order valence-electron chi connectivity index (χ3n) is 4.13. The topological polar surface area (TPSA) is 65.0 Å². The predicted molar refractivity (Wildman–Crippen MR) is 89.9 cm³/mol. The molecule has 1 N–H and O–H groups in total. The first kappa shape index (κ1) is 17.1. The van der Waals surface area contributed by atoms with E-state index in [4.69, 9.17) is 14.2 Å². The minimum Gasteiger partial charge on any atom is -0.494 e. The highest BCUT2D eigenvalue weighted by Gasteiger charge is 2.31. The maximum atomic E-state index is 13.7. The lowest BCUT2D eigenvalue weighted by Crippen LogP contribution is -2.38. The van der Waals surface area contributed by atoms with Crippen LogP contribution in [0.3, 0.4) is 0 Å². The summed E-state index contributed by atoms with van der Waals surface area (Å²) in [7, 11) is 1.39. The van der Waals surface area contributed by atoms with Gasteiger partial charge in [-0.2, -0.15) is 0 Å². The molecule has 0 fully saturated rings. The molecule has 6 heteroatoms. The van der Waals surface area contributed by atoms with E-state index >= 15 is 0 Å². The monoisotopic (exact) mass is 346 g/mol. The molecule has 0 radical (unpaired) electrons. The molecule has 1 heterocycles. The van der Waals surface area contributed by atoms with E-state index in [-0.39, 0.29) is 5.75 Å². The molecule has 3 rings (SSSR count). The van der Waals surface area contributed by atoms with Crippen LogP contribution in [0.1, 0.15) is 19.4 Å². The average Bonchev–Trinajstić information content (AvgIpc) is 3.01. The third-order valence-corrected chi connectivity index (χ3v) is 4.13. The van der Waals surface area contributed by atoms with E-state index < -0.39 is 17.4 Å². The lowest BCUT2D eigenvalue weighted by atomic mass is 9.99. The van der Waals surface area contributed by atoms with E-state index in [9.17, 15) is 14.3 Å². The van der Waals surface area contributed by atoms with Gasteiger partial charge in [-0.3, -0.25) is 0 Å². The number of benzene rings is 2. The summed E-state index contributed by atoms with van der Waals surface area (Å²) in [5.74, 6) is -0.408. The first-order valence-electron chi connectivity index (χ1n) is 7.88. The van der Waals surface area contributed by atoms with E-state index in [1.165, 1.54) is 27.0 Å². The van der Waals surface area contributed by atoms with Crippen LogP contribution >= 0.6 is 0 Å². The Kier molecular flexibility index (Phi) is 4.29. The first-order chi connectivity index (χ1) is 11.8. The van der Waals surface area contributed by atoms with Gasteiger partial charge >= 0.3 is 5.97 Å². The number of fused-ring (bicyclic) bond motifs is 1. The van der Waals surface area contributed by atoms with Crippen molar-refractivity contribution < 1.29 is 28.5 Å². The molecule has 0 unspecified atom stereocenters. The van der Waals surface area contributed by atoms with Gasteiger partial charge in [-0.15, -0.1) is 0 Å². The van der Waals surface area contributed by atoms with Gasteiger partial charge in [0.05, 0.1) is 13.7 Å². The summed E-state index contributed by atoms with van der Waals surface area (Å²) in [5.41, 5.74) is 0.908. The van der Waals surface area contributed by atoms with Crippen molar-refractivity contribution in [2.75, 3.05) is 13.7 Å². The van der Waals surface area contributed by atoms with Crippen LogP contribution in [0.5, 0.6) is 17.2 Å². The molecule has 0 aliphatic carbocycles. The molecule has 2 aromatic carbocycles. The number of carbonyl (C=O) groups is 1. The second kappa shape index (κ2) is 6.27. The molecule has 0 saturated heterocycles. The minimum atomic E-state index is -1.42. The first-order valence-corrected chi connectivity index (χ1v) is 7.88. The predicted octanol–water partition coefficient (Wildman–Crippen LogP) is 3.68. The van der Waals surface area contributed by atoms with Crippen LogP contribution in [0.2, 0.25) is 0 Å². The molecule has 0 spiro atoms. The van der Waals surface area contributed by atoms with Crippen LogP contribution in [-0.2, 0) is 11.2 Å². The fourth-order valence-corrected chi connectivity index (χ4v) is 2.66. The highest BCUT2D eigenvalue weighted by molar-refractivity contribution is 5.79. The van der Waals surface area contributed by atoms with Gasteiger partial charge in [0.1, 0.15) is 11.5 Å². The Balaban J connectivity index is 2.13. The highest BCUT2D eigenvalue weighted by Crippen LogP contribution is 2.41. The smallest absolute Gasteiger partial charge is 0.347 e. The molecule has 0 atom stereocenters. The summed E-state index contributed by atoms with van der Waals surface area (Å²) < 4.78 is 30.1. The standard InChI is InChI=1S/C19H19FO5/c1-19(2,18(21)22)25-16-10-15-12(6-7-24-15)8-13(16)11-4-5-14(20)17(9-11)23-3/h4-5,8-10H,6-7H2,1-3H3,(H,21,22). The van der Waals surface area contributed by atoms with E-state index in [1.54, 1.807) is 18.2 Å². The van der Waals surface area contributed by atoms with Crippen LogP contribution in [-0.4, -0.2) is 30.4 Å². The van der Waals surface area contributed by atoms with Crippen LogP contribution in [0.15, 0.2) is 30.3 Å². The summed E-state index contributed by atoms with van der Waals surface area (Å²) in [6.45, 7) is 3.50. The fourth-order valence-electron chi connectivity index (χ4n) is 2.66. The maximum absolute atomic E-state index is 13.7. The number of hydrogen-bond donors (Lipinski definition) is 1. The second-order valence-corrected chi connectivity index (χ2v) is 6.32. The van der Waals surface area contributed by atoms with Crippen molar-refractivity contribution >= 4 is 5.97 Å². The van der Waals surface area contributed by atoms with Gasteiger partial charge < -0.3 is 19.3 Å². The molecule has 2 aromatic rings. The van der Waals surface area contributed by atoms with Crippen LogP contribution in [0, 0.1) is 5.82 Å². The minimum absolute atomic E-state index is 0.109. The average molecular weight is 346 g/mol. The molecule has 25 heavy (non-hydrogen) atoms. The van der Waals surface area contributed by atoms with E-state index in [2.05, 4.69) is 0 Å². The van der Waals surface area contributed by atoms with Crippen LogP contribution < -0.4 is 14.2 Å². The molecular weight excluding hydrogens is 327 g/mol. The Morgan fingerprint density at radius 2 is 2.00 bits per heavy atom. The number of hydrogen-bond acceptors (Lipinski definition) is 4. The van der Waals surface area contributed by atoms with E-state index in [0.29, 0.717) is 29.2 Å². The molecule has 5 nitrogen and oxygen atoms in total. The van der Waals surface area contributed by atoms with E-state index in [0.717, 1.165) is 12.0 Å². The Morgan fingerprint density at radius 3 is 2.68 bits per heavy atom. The van der Waals surface area contributed by atoms with Crippen molar-refractivity contribution in [1.29, 1.82) is 0 Å². The SMILES string of the molecule is COc1cc(-c2cc3c(cc2OC(C)(C)C(=O)O)OCC3)ccc1F. The normalized spacial score (nSPS) is 13.1. The van der Waals surface area contributed by atoms with Gasteiger partial charge in [-0.1, -0.05) is 6.07 Å². The summed E-state index contributed by atoms with van der Waals surface area (Å²) >= 11 is 0. The largest absolute Gasteiger partial charge is 0.494 e. The Labute approximate surface area is 144 Å². The number of carboxylic acids is 1. The van der Waals surface area contributed by atoms with E-state index in [1.807, 2.05) is 6.07 Å². The van der Waals surface area contributed by atoms with Gasteiger partial charge in [-0.05, 0) is 43.2 Å². The highest BCUT2D eigenvalue weighted by atomic mass is 19.1. The molecule has 0 saturated carbocycles. The number of aliphatic carboxylic acids is 1. The molecule has 0 aromatic heterocycles. The Hall–Kier alpha value is -2.76. The fraction of sp³-hybridized carbons (Fsp3) is 0.316. The van der Waals surface area contributed by atoms with Crippen LogP contribution in [0.4, 0.5) is 4.39 Å². The van der Waals surface area contributed by atoms with Crippen molar-refractivity contribution in [3.05, 3.63) is 41.7 Å². The molecular formula is C19H19FO5. The number of halogens is 1. The van der Waals surface area contributed by atoms with Crippen molar-refractivity contribution in [3.8, 4) is 28.4 Å². The van der Waals surface area contributed by atoms with Crippen LogP contribution in [0.25, 0.3) is 11.1 Å². The Morgan fingerprint density at radius 1 is 1.24 bits per heavy atom. The summed E-state index contributed by atoms with van der Waals surface area (Å²) in [5, 5.41) is 9.35. The number of rotatable bonds is 5. The number of methoxy groups -OCH3 is 1. The second-order valence-electron chi connectivity index (χ2n) is 6.32. The van der Waals surface area contributed by atoms with Gasteiger partial charge in [0.25, 0.3) is 0 Å². The van der Waals surface area contributed by atoms with Gasteiger partial charge in [0.15, 0.2) is 17.2 Å². The molecule has 132 valence electrons. The molecule has 0 amide bonds. The summed E-state index contributed by atoms with van der Waals surface area (Å²) in [6.07, 6.45) is 0.753. The van der Waals surface area contributed by atoms with Crippen molar-refractivity contribution in [2.45, 2.75) is 25.9 Å². The molecule has 0 bridgehead atoms. The van der Waals surface area contributed by atoms with Crippen molar-refractivity contribution in [3.63, 3.8) is 0 Å². The lowest BCUT2D eigenvalue weighted by Gasteiger charge is -2.24. The van der Waals surface area contributed by atoms with Gasteiger partial charge in [-0.25, -0.2) is 9.18 Å². The van der Waals surface area contributed by atoms with Crippen molar-refractivity contribution in [1.82, 2.24) is 0 Å². The number of ether oxygens (including phenoxy) is 3. The maximum Gasteiger partial charge on any atom is 0.347 e. The summed E-state index contributed by atoms with van der Waals surface area (Å²) in [4.78, 5) is 11.4. The lowest BCUT2D eigenvalue weighted by molar-refractivity contribution is -0.152.